The van der Waals surface area contributed by atoms with E-state index in [2.05, 4.69) is 11.9 Å². The van der Waals surface area contributed by atoms with Gasteiger partial charge in [-0.3, -0.25) is 0 Å². The maximum Gasteiger partial charge on any atom is 0.337 e. The fourth-order valence-electron chi connectivity index (χ4n) is 1.94. The number of benzene rings is 1. The van der Waals surface area contributed by atoms with Crippen molar-refractivity contribution in [3.05, 3.63) is 42.0 Å². The van der Waals surface area contributed by atoms with Gasteiger partial charge in [0.05, 0.1) is 11.3 Å². The van der Waals surface area contributed by atoms with E-state index in [0.717, 1.165) is 12.8 Å². The normalized spacial score (nSPS) is 13.6. The van der Waals surface area contributed by atoms with Crippen LogP contribution in [0.15, 0.2) is 24.8 Å². The van der Waals surface area contributed by atoms with Crippen molar-refractivity contribution in [1.29, 1.82) is 0 Å². The lowest BCUT2D eigenvalue weighted by Crippen LogP contribution is -2.37. The Morgan fingerprint density at radius 1 is 1.38 bits per heavy atom. The molecule has 0 radical (unpaired) electrons. The number of carboxylic acids is 1. The van der Waals surface area contributed by atoms with E-state index in [4.69, 9.17) is 5.11 Å². The summed E-state index contributed by atoms with van der Waals surface area (Å²) >= 11 is 0. The molecule has 0 spiro atoms. The summed E-state index contributed by atoms with van der Waals surface area (Å²) in [6.45, 7) is 3.84. The lowest BCUT2D eigenvalue weighted by molar-refractivity contribution is 0.0697. The molecule has 2 N–H and O–H groups in total. The molecule has 112 valence electrons. The van der Waals surface area contributed by atoms with Crippen molar-refractivity contribution in [2.75, 3.05) is 11.9 Å². The number of carbonyl (C=O) groups is 2. The summed E-state index contributed by atoms with van der Waals surface area (Å²) in [7, 11) is 0. The van der Waals surface area contributed by atoms with Gasteiger partial charge in [-0.05, 0) is 18.9 Å². The number of rotatable bonds is 5. The maximum absolute atomic E-state index is 13.2. The summed E-state index contributed by atoms with van der Waals surface area (Å²) in [4.78, 5) is 24.6. The van der Waals surface area contributed by atoms with Gasteiger partial charge in [0.2, 0.25) is 0 Å². The van der Waals surface area contributed by atoms with Crippen LogP contribution < -0.4 is 5.32 Å². The second-order valence-corrected chi connectivity index (χ2v) is 4.72. The van der Waals surface area contributed by atoms with E-state index >= 15 is 0 Å². The van der Waals surface area contributed by atoms with Crippen molar-refractivity contribution in [2.45, 2.75) is 18.9 Å². The third-order valence-electron chi connectivity index (χ3n) is 3.11. The molecule has 21 heavy (non-hydrogen) atoms. The Morgan fingerprint density at radius 2 is 2.00 bits per heavy atom. The van der Waals surface area contributed by atoms with Crippen molar-refractivity contribution < 1.29 is 23.5 Å². The molecular weight excluding hydrogens is 282 g/mol. The van der Waals surface area contributed by atoms with Crippen LogP contribution in [0.25, 0.3) is 0 Å². The van der Waals surface area contributed by atoms with Gasteiger partial charge in [0.25, 0.3) is 0 Å². The Morgan fingerprint density at radius 3 is 2.52 bits per heavy atom. The van der Waals surface area contributed by atoms with Gasteiger partial charge in [-0.2, -0.15) is 0 Å². The molecule has 1 fully saturated rings. The van der Waals surface area contributed by atoms with Crippen LogP contribution in [0.4, 0.5) is 19.3 Å². The summed E-state index contributed by atoms with van der Waals surface area (Å²) in [6, 6.07) is 0.713. The average molecular weight is 296 g/mol. The molecule has 2 rings (SSSR count). The molecule has 0 saturated heterocycles. The number of carboxylic acid groups (broad SMARTS) is 1. The van der Waals surface area contributed by atoms with Gasteiger partial charge in [-0.15, -0.1) is 6.58 Å². The Balaban J connectivity index is 2.25. The number of hydrogen-bond donors (Lipinski definition) is 2. The number of hydrogen-bond acceptors (Lipinski definition) is 2. The van der Waals surface area contributed by atoms with E-state index in [0.29, 0.717) is 18.7 Å². The van der Waals surface area contributed by atoms with E-state index in [-0.39, 0.29) is 11.7 Å². The van der Waals surface area contributed by atoms with Crippen molar-refractivity contribution >= 4 is 17.7 Å². The minimum absolute atomic E-state index is 0.0709. The van der Waals surface area contributed by atoms with Crippen molar-refractivity contribution in [3.8, 4) is 0 Å². The van der Waals surface area contributed by atoms with Gasteiger partial charge in [-0.25, -0.2) is 18.4 Å². The zero-order valence-electron chi connectivity index (χ0n) is 11.1. The van der Waals surface area contributed by atoms with Gasteiger partial charge >= 0.3 is 12.0 Å². The molecule has 0 aliphatic heterocycles. The molecule has 0 unspecified atom stereocenters. The highest BCUT2D eigenvalue weighted by Crippen LogP contribution is 2.28. The second-order valence-electron chi connectivity index (χ2n) is 4.72. The monoisotopic (exact) mass is 296 g/mol. The fourth-order valence-corrected chi connectivity index (χ4v) is 1.94. The minimum Gasteiger partial charge on any atom is -0.478 e. The van der Waals surface area contributed by atoms with Gasteiger partial charge < -0.3 is 15.3 Å². The summed E-state index contributed by atoms with van der Waals surface area (Å²) in [5.74, 6) is -3.96. The largest absolute Gasteiger partial charge is 0.478 e. The SMILES string of the molecule is C=CCN(C(=O)Nc1cc(F)c(F)cc1C(=O)O)C1CC1. The predicted octanol–water partition coefficient (Wildman–Crippen LogP) is 2.85. The number of nitrogens with one attached hydrogen (secondary N) is 1. The number of urea groups is 1. The van der Waals surface area contributed by atoms with Crippen molar-refractivity contribution in [2.24, 2.45) is 0 Å². The van der Waals surface area contributed by atoms with Gasteiger partial charge in [0.15, 0.2) is 11.6 Å². The van der Waals surface area contributed by atoms with Crippen molar-refractivity contribution in [1.82, 2.24) is 4.90 Å². The van der Waals surface area contributed by atoms with E-state index in [1.54, 1.807) is 6.08 Å². The molecule has 1 aliphatic rings. The highest BCUT2D eigenvalue weighted by atomic mass is 19.2. The fraction of sp³-hybridized carbons (Fsp3) is 0.286. The number of carbonyl (C=O) groups excluding carboxylic acids is 1. The molecule has 0 atom stereocenters. The molecule has 1 saturated carbocycles. The topological polar surface area (TPSA) is 69.6 Å². The molecule has 2 amide bonds. The first kappa shape index (κ1) is 15.0. The summed E-state index contributed by atoms with van der Waals surface area (Å²) in [5.41, 5.74) is -0.780. The summed E-state index contributed by atoms with van der Waals surface area (Å²) in [5, 5.41) is 11.3. The molecule has 1 aromatic carbocycles. The summed E-state index contributed by atoms with van der Waals surface area (Å²) < 4.78 is 26.3. The molecule has 1 aromatic rings. The summed E-state index contributed by atoms with van der Waals surface area (Å²) in [6.07, 6.45) is 3.25. The van der Waals surface area contributed by atoms with E-state index in [1.807, 2.05) is 0 Å². The molecule has 0 aromatic heterocycles. The molecular formula is C14H14F2N2O3. The van der Waals surface area contributed by atoms with Crippen LogP contribution in [-0.4, -0.2) is 34.6 Å². The number of nitrogens with zero attached hydrogens (tertiary/aromatic N) is 1. The van der Waals surface area contributed by atoms with Crippen LogP contribution in [0, 0.1) is 11.6 Å². The third kappa shape index (κ3) is 3.36. The van der Waals surface area contributed by atoms with Crippen LogP contribution in [0.5, 0.6) is 0 Å². The average Bonchev–Trinajstić information content (AvgIpc) is 3.23. The first-order chi connectivity index (χ1) is 9.93. The highest BCUT2D eigenvalue weighted by Gasteiger charge is 2.32. The Labute approximate surface area is 119 Å². The molecule has 0 heterocycles. The zero-order chi connectivity index (χ0) is 15.6. The lowest BCUT2D eigenvalue weighted by atomic mass is 10.1. The molecule has 7 heteroatoms. The van der Waals surface area contributed by atoms with Crippen LogP contribution >= 0.6 is 0 Å². The highest BCUT2D eigenvalue weighted by molar-refractivity contribution is 6.00. The number of anilines is 1. The first-order valence-electron chi connectivity index (χ1n) is 6.35. The van der Waals surface area contributed by atoms with Gasteiger partial charge in [-0.1, -0.05) is 6.08 Å². The third-order valence-corrected chi connectivity index (χ3v) is 3.11. The van der Waals surface area contributed by atoms with E-state index in [1.165, 1.54) is 4.90 Å². The standard InChI is InChI=1S/C14H14F2N2O3/c1-2-5-18(8-3-4-8)14(21)17-12-7-11(16)10(15)6-9(12)13(19)20/h2,6-8H,1,3-5H2,(H,17,21)(H,19,20). The van der Waals surface area contributed by atoms with Crippen LogP contribution in [0.3, 0.4) is 0 Å². The Bertz CT molecular complexity index is 600. The van der Waals surface area contributed by atoms with Crippen molar-refractivity contribution in [3.63, 3.8) is 0 Å². The van der Waals surface area contributed by atoms with Crippen LogP contribution in [-0.2, 0) is 0 Å². The van der Waals surface area contributed by atoms with E-state index < -0.39 is 29.2 Å². The lowest BCUT2D eigenvalue weighted by Gasteiger charge is -2.21. The van der Waals surface area contributed by atoms with Gasteiger partial charge in [0.1, 0.15) is 0 Å². The number of aromatic carboxylic acids is 1. The minimum atomic E-state index is -1.45. The molecule has 5 nitrogen and oxygen atoms in total. The van der Waals surface area contributed by atoms with E-state index in [9.17, 15) is 18.4 Å². The second kappa shape index (κ2) is 5.90. The van der Waals surface area contributed by atoms with Crippen LogP contribution in [0.2, 0.25) is 0 Å². The number of amides is 2. The first-order valence-corrected chi connectivity index (χ1v) is 6.35. The molecule has 0 bridgehead atoms. The number of halogens is 2. The maximum atomic E-state index is 13.2. The van der Waals surface area contributed by atoms with Crippen LogP contribution in [0.1, 0.15) is 23.2 Å². The predicted molar refractivity (Wildman–Crippen MR) is 72.3 cm³/mol. The quantitative estimate of drug-likeness (QED) is 0.821. The Kier molecular flexibility index (Phi) is 4.21. The zero-order valence-corrected chi connectivity index (χ0v) is 11.1. The Hall–Kier alpha value is -2.44. The van der Waals surface area contributed by atoms with Gasteiger partial charge in [0, 0.05) is 18.7 Å². The smallest absolute Gasteiger partial charge is 0.337 e. The molecule has 1 aliphatic carbocycles.